The van der Waals surface area contributed by atoms with Crippen LogP contribution in [0.3, 0.4) is 0 Å². The van der Waals surface area contributed by atoms with E-state index in [0.29, 0.717) is 13.1 Å². The summed E-state index contributed by atoms with van der Waals surface area (Å²) in [6.45, 7) is 3.33. The van der Waals surface area contributed by atoms with E-state index in [2.05, 4.69) is 29.0 Å². The summed E-state index contributed by atoms with van der Waals surface area (Å²) in [5.41, 5.74) is 1.92. The Morgan fingerprint density at radius 1 is 1.17 bits per heavy atom. The maximum atomic E-state index is 12.9. The number of allylic oxidation sites excluding steroid dienone is 3. The summed E-state index contributed by atoms with van der Waals surface area (Å²) in [6.07, 6.45) is 6.07. The smallest absolute Gasteiger partial charge is 0.169 e. The summed E-state index contributed by atoms with van der Waals surface area (Å²) in [7, 11) is 0. The molecule has 1 atom stereocenters. The molecule has 2 heterocycles. The van der Waals surface area contributed by atoms with Crippen molar-refractivity contribution in [3.63, 3.8) is 0 Å². The first kappa shape index (κ1) is 13.9. The van der Waals surface area contributed by atoms with E-state index >= 15 is 0 Å². The molecule has 0 aliphatic carbocycles. The molecule has 2 aromatic carbocycles. The Morgan fingerprint density at radius 2 is 2.00 bits per heavy atom. The van der Waals surface area contributed by atoms with E-state index in [0.717, 1.165) is 27.9 Å². The van der Waals surface area contributed by atoms with Gasteiger partial charge in [-0.05, 0) is 35.9 Å². The van der Waals surface area contributed by atoms with Crippen molar-refractivity contribution >= 4 is 22.4 Å². The van der Waals surface area contributed by atoms with Gasteiger partial charge in [0.15, 0.2) is 5.78 Å². The van der Waals surface area contributed by atoms with Crippen LogP contribution in [0.15, 0.2) is 71.4 Å². The van der Waals surface area contributed by atoms with Crippen LogP contribution in [0.4, 0.5) is 0 Å². The van der Waals surface area contributed by atoms with Crippen molar-refractivity contribution in [2.75, 3.05) is 13.1 Å². The molecule has 0 N–H and O–H groups in total. The van der Waals surface area contributed by atoms with E-state index in [4.69, 9.17) is 0 Å². The lowest BCUT2D eigenvalue weighted by Gasteiger charge is -2.34. The van der Waals surface area contributed by atoms with Crippen LogP contribution in [0.5, 0.6) is 0 Å². The van der Waals surface area contributed by atoms with Crippen LogP contribution in [0, 0.1) is 5.92 Å². The topological polar surface area (TPSA) is 32.7 Å². The van der Waals surface area contributed by atoms with Gasteiger partial charge in [0.25, 0.3) is 0 Å². The summed E-state index contributed by atoms with van der Waals surface area (Å²) in [5, 5.41) is 2.27. The molecule has 0 aromatic heterocycles. The van der Waals surface area contributed by atoms with Crippen LogP contribution >= 0.6 is 0 Å². The van der Waals surface area contributed by atoms with Crippen LogP contribution in [0.2, 0.25) is 0 Å². The van der Waals surface area contributed by atoms with Gasteiger partial charge in [0.05, 0.1) is 12.5 Å². The lowest BCUT2D eigenvalue weighted by atomic mass is 9.93. The molecule has 2 aliphatic heterocycles. The molecule has 3 heteroatoms. The van der Waals surface area contributed by atoms with Crippen molar-refractivity contribution in [2.45, 2.75) is 6.92 Å². The molecule has 2 aromatic rings. The number of rotatable bonds is 2. The van der Waals surface area contributed by atoms with Gasteiger partial charge in [0, 0.05) is 17.8 Å². The second kappa shape index (κ2) is 5.51. The van der Waals surface area contributed by atoms with E-state index in [-0.39, 0.29) is 11.7 Å². The third-order valence-electron chi connectivity index (χ3n) is 4.57. The van der Waals surface area contributed by atoms with Gasteiger partial charge in [-0.3, -0.25) is 9.79 Å². The summed E-state index contributed by atoms with van der Waals surface area (Å²) in [5.74, 6) is 1.06. The number of nitrogens with zero attached hydrogens (tertiary/aromatic N) is 2. The SMILES string of the molecule is CC1=CC=CC2=NCC(C(=O)c3ccc4ccccc4c3)CN12. The highest BCUT2D eigenvalue weighted by molar-refractivity contribution is 6.03. The number of benzene rings is 2. The molecular formula is C20H18N2O. The van der Waals surface area contributed by atoms with Gasteiger partial charge in [-0.2, -0.15) is 0 Å². The van der Waals surface area contributed by atoms with Crippen molar-refractivity contribution in [3.8, 4) is 0 Å². The fraction of sp³-hybridized carbons (Fsp3) is 0.200. The van der Waals surface area contributed by atoms with Crippen molar-refractivity contribution < 1.29 is 4.79 Å². The van der Waals surface area contributed by atoms with E-state index in [1.165, 1.54) is 0 Å². The third kappa shape index (κ3) is 2.48. The molecule has 0 spiro atoms. The van der Waals surface area contributed by atoms with Gasteiger partial charge >= 0.3 is 0 Å². The monoisotopic (exact) mass is 302 g/mol. The molecule has 4 rings (SSSR count). The number of ketones is 1. The minimum absolute atomic E-state index is 0.0882. The Hall–Kier alpha value is -2.68. The molecule has 0 saturated carbocycles. The van der Waals surface area contributed by atoms with Gasteiger partial charge in [0.2, 0.25) is 0 Å². The maximum absolute atomic E-state index is 12.9. The molecule has 1 unspecified atom stereocenters. The number of carbonyl (C=O) groups excluding carboxylic acids is 1. The largest absolute Gasteiger partial charge is 0.330 e. The molecular weight excluding hydrogens is 284 g/mol. The van der Waals surface area contributed by atoms with E-state index in [9.17, 15) is 4.79 Å². The molecule has 114 valence electrons. The average molecular weight is 302 g/mol. The number of amidine groups is 1. The van der Waals surface area contributed by atoms with Gasteiger partial charge in [-0.25, -0.2) is 0 Å². The van der Waals surface area contributed by atoms with Crippen molar-refractivity contribution in [2.24, 2.45) is 10.9 Å². The highest BCUT2D eigenvalue weighted by Gasteiger charge is 2.29. The molecule has 0 saturated heterocycles. The molecule has 0 fully saturated rings. The predicted molar refractivity (Wildman–Crippen MR) is 93.7 cm³/mol. The highest BCUT2D eigenvalue weighted by atomic mass is 16.1. The van der Waals surface area contributed by atoms with E-state index < -0.39 is 0 Å². The summed E-state index contributed by atoms with van der Waals surface area (Å²) >= 11 is 0. The second-order valence-corrected chi connectivity index (χ2v) is 6.10. The first-order valence-electron chi connectivity index (χ1n) is 7.92. The number of hydrogen-bond acceptors (Lipinski definition) is 3. The Balaban J connectivity index is 1.63. The zero-order chi connectivity index (χ0) is 15.8. The molecule has 23 heavy (non-hydrogen) atoms. The van der Waals surface area contributed by atoms with Crippen LogP contribution in [-0.4, -0.2) is 29.6 Å². The van der Waals surface area contributed by atoms with Gasteiger partial charge in [0.1, 0.15) is 5.84 Å². The minimum Gasteiger partial charge on any atom is -0.330 e. The normalized spacial score (nSPS) is 20.0. The molecule has 2 aliphatic rings. The quantitative estimate of drug-likeness (QED) is 0.790. The lowest BCUT2D eigenvalue weighted by Crippen LogP contribution is -2.42. The number of carbonyl (C=O) groups is 1. The number of hydrogen-bond donors (Lipinski definition) is 0. The summed E-state index contributed by atoms with van der Waals surface area (Å²) in [4.78, 5) is 19.6. The maximum Gasteiger partial charge on any atom is 0.169 e. The number of fused-ring (bicyclic) bond motifs is 2. The Kier molecular flexibility index (Phi) is 3.34. The zero-order valence-electron chi connectivity index (χ0n) is 13.1. The summed E-state index contributed by atoms with van der Waals surface area (Å²) in [6, 6.07) is 14.1. The average Bonchev–Trinajstić information content (AvgIpc) is 2.61. The minimum atomic E-state index is -0.0882. The first-order valence-corrected chi connectivity index (χ1v) is 7.92. The zero-order valence-corrected chi connectivity index (χ0v) is 13.1. The van der Waals surface area contributed by atoms with Crippen LogP contribution in [0.25, 0.3) is 10.8 Å². The summed E-state index contributed by atoms with van der Waals surface area (Å²) < 4.78 is 0. The molecule has 3 nitrogen and oxygen atoms in total. The van der Waals surface area contributed by atoms with Crippen LogP contribution < -0.4 is 0 Å². The van der Waals surface area contributed by atoms with Crippen molar-refractivity contribution in [1.29, 1.82) is 0 Å². The third-order valence-corrected chi connectivity index (χ3v) is 4.57. The first-order chi connectivity index (χ1) is 11.2. The number of Topliss-reactive ketones (excluding diaryl/α,β-unsaturated/α-hetero) is 1. The second-order valence-electron chi connectivity index (χ2n) is 6.10. The fourth-order valence-corrected chi connectivity index (χ4v) is 3.24. The molecule has 0 bridgehead atoms. The van der Waals surface area contributed by atoms with Crippen LogP contribution in [-0.2, 0) is 0 Å². The predicted octanol–water partition coefficient (Wildman–Crippen LogP) is 3.83. The number of aliphatic imine (C=N–C) groups is 1. The lowest BCUT2D eigenvalue weighted by molar-refractivity contribution is 0.0907. The Labute approximate surface area is 135 Å². The van der Waals surface area contributed by atoms with E-state index in [1.807, 2.05) is 48.6 Å². The fourth-order valence-electron chi connectivity index (χ4n) is 3.24. The van der Waals surface area contributed by atoms with Gasteiger partial charge < -0.3 is 4.90 Å². The van der Waals surface area contributed by atoms with E-state index in [1.54, 1.807) is 0 Å². The van der Waals surface area contributed by atoms with Crippen molar-refractivity contribution in [3.05, 3.63) is 72.0 Å². The Bertz CT molecular complexity index is 876. The van der Waals surface area contributed by atoms with Crippen LogP contribution in [0.1, 0.15) is 17.3 Å². The van der Waals surface area contributed by atoms with Gasteiger partial charge in [-0.15, -0.1) is 0 Å². The molecule has 0 amide bonds. The molecule has 0 radical (unpaired) electrons. The standard InChI is InChI=1S/C20H18N2O/c1-14-5-4-8-19-21-12-18(13-22(14)19)20(23)17-10-9-15-6-2-3-7-16(15)11-17/h2-11,18H,12-13H2,1H3. The Morgan fingerprint density at radius 3 is 2.87 bits per heavy atom. The van der Waals surface area contributed by atoms with Gasteiger partial charge in [-0.1, -0.05) is 42.5 Å². The van der Waals surface area contributed by atoms with Crippen molar-refractivity contribution in [1.82, 2.24) is 4.90 Å². The highest BCUT2D eigenvalue weighted by Crippen LogP contribution is 2.23.